The van der Waals surface area contributed by atoms with Crippen molar-refractivity contribution in [2.24, 2.45) is 5.92 Å². The zero-order valence-corrected chi connectivity index (χ0v) is 10.3. The second-order valence-electron chi connectivity index (χ2n) is 3.88. The number of ether oxygens (including phenoxy) is 1. The normalized spacial score (nSPS) is 10.4. The zero-order valence-electron chi connectivity index (χ0n) is 9.36. The largest absolute Gasteiger partial charge is 0.493 e. The molecule has 0 radical (unpaired) electrons. The van der Waals surface area contributed by atoms with Crippen molar-refractivity contribution in [2.75, 3.05) is 24.2 Å². The lowest BCUT2D eigenvalue weighted by Crippen LogP contribution is -2.05. The van der Waals surface area contributed by atoms with E-state index < -0.39 is 0 Å². The Kier molecular flexibility index (Phi) is 5.40. The number of rotatable bonds is 6. The quantitative estimate of drug-likeness (QED) is 0.726. The number of hydrogen-bond donors (Lipinski definition) is 2. The molecule has 0 aromatic heterocycles. The molecule has 84 valence electrons. The van der Waals surface area contributed by atoms with E-state index in [1.165, 1.54) is 0 Å². The summed E-state index contributed by atoms with van der Waals surface area (Å²) in [6, 6.07) is 8.03. The Morgan fingerprint density at radius 2 is 1.93 bits per heavy atom. The van der Waals surface area contributed by atoms with Gasteiger partial charge in [-0.2, -0.15) is 12.6 Å². The second-order valence-corrected chi connectivity index (χ2v) is 4.33. The SMILES string of the molecule is CC(C)COc1ccc(NCCS)cc1. The molecule has 0 fully saturated rings. The van der Waals surface area contributed by atoms with Crippen LogP contribution in [0.3, 0.4) is 0 Å². The van der Waals surface area contributed by atoms with Gasteiger partial charge in [0, 0.05) is 18.0 Å². The van der Waals surface area contributed by atoms with E-state index in [0.29, 0.717) is 5.92 Å². The van der Waals surface area contributed by atoms with E-state index in [9.17, 15) is 0 Å². The first-order valence-electron chi connectivity index (χ1n) is 5.30. The Bertz CT molecular complexity index is 271. The summed E-state index contributed by atoms with van der Waals surface area (Å²) >= 11 is 4.14. The van der Waals surface area contributed by atoms with Gasteiger partial charge in [0.1, 0.15) is 5.75 Å². The summed E-state index contributed by atoms with van der Waals surface area (Å²) < 4.78 is 5.58. The maximum Gasteiger partial charge on any atom is 0.119 e. The van der Waals surface area contributed by atoms with E-state index in [-0.39, 0.29) is 0 Å². The molecule has 0 spiro atoms. The molecule has 0 unspecified atom stereocenters. The van der Waals surface area contributed by atoms with Crippen molar-refractivity contribution in [3.63, 3.8) is 0 Å². The molecule has 1 rings (SSSR count). The summed E-state index contributed by atoms with van der Waals surface area (Å²) in [7, 11) is 0. The molecule has 2 nitrogen and oxygen atoms in total. The van der Waals surface area contributed by atoms with Crippen molar-refractivity contribution in [2.45, 2.75) is 13.8 Å². The van der Waals surface area contributed by atoms with Crippen LogP contribution in [0, 0.1) is 5.92 Å². The van der Waals surface area contributed by atoms with Gasteiger partial charge in [0.15, 0.2) is 0 Å². The van der Waals surface area contributed by atoms with Crippen LogP contribution in [0.5, 0.6) is 5.75 Å². The molecule has 0 bridgehead atoms. The fraction of sp³-hybridized carbons (Fsp3) is 0.500. The lowest BCUT2D eigenvalue weighted by Gasteiger charge is -2.09. The summed E-state index contributed by atoms with van der Waals surface area (Å²) in [5.74, 6) is 2.33. The van der Waals surface area contributed by atoms with Crippen molar-refractivity contribution in [1.82, 2.24) is 0 Å². The molecule has 15 heavy (non-hydrogen) atoms. The molecule has 3 heteroatoms. The van der Waals surface area contributed by atoms with Gasteiger partial charge in [-0.3, -0.25) is 0 Å². The molecule has 0 atom stereocenters. The van der Waals surface area contributed by atoms with Crippen LogP contribution in [0.2, 0.25) is 0 Å². The van der Waals surface area contributed by atoms with Crippen LogP contribution in [0.25, 0.3) is 0 Å². The number of benzene rings is 1. The monoisotopic (exact) mass is 225 g/mol. The van der Waals surface area contributed by atoms with Gasteiger partial charge >= 0.3 is 0 Å². The van der Waals surface area contributed by atoms with Crippen molar-refractivity contribution in [3.8, 4) is 5.75 Å². The molecule has 0 heterocycles. The topological polar surface area (TPSA) is 21.3 Å². The van der Waals surface area contributed by atoms with E-state index in [4.69, 9.17) is 4.74 Å². The first-order valence-corrected chi connectivity index (χ1v) is 5.93. The van der Waals surface area contributed by atoms with E-state index >= 15 is 0 Å². The Balaban J connectivity index is 2.41. The van der Waals surface area contributed by atoms with E-state index in [2.05, 4.69) is 31.8 Å². The highest BCUT2D eigenvalue weighted by Crippen LogP contribution is 2.16. The lowest BCUT2D eigenvalue weighted by molar-refractivity contribution is 0.271. The third-order valence-electron chi connectivity index (χ3n) is 1.88. The maximum atomic E-state index is 5.58. The minimum absolute atomic E-state index is 0.562. The molecular formula is C12H19NOS. The first-order chi connectivity index (χ1) is 7.22. The van der Waals surface area contributed by atoms with E-state index in [0.717, 1.165) is 30.3 Å². The molecule has 1 aromatic rings. The van der Waals surface area contributed by atoms with Crippen LogP contribution in [-0.2, 0) is 0 Å². The summed E-state index contributed by atoms with van der Waals surface area (Å²) in [5, 5.41) is 3.25. The van der Waals surface area contributed by atoms with Crippen LogP contribution < -0.4 is 10.1 Å². The average molecular weight is 225 g/mol. The molecule has 1 N–H and O–H groups in total. The number of hydrogen-bond acceptors (Lipinski definition) is 3. The van der Waals surface area contributed by atoms with Crippen LogP contribution >= 0.6 is 12.6 Å². The van der Waals surface area contributed by atoms with E-state index in [1.807, 2.05) is 24.3 Å². The number of anilines is 1. The number of thiol groups is 1. The van der Waals surface area contributed by atoms with Gasteiger partial charge in [-0.05, 0) is 30.2 Å². The average Bonchev–Trinajstić information content (AvgIpc) is 2.25. The van der Waals surface area contributed by atoms with Gasteiger partial charge in [-0.15, -0.1) is 0 Å². The molecular weight excluding hydrogens is 206 g/mol. The molecule has 1 aromatic carbocycles. The standard InChI is InChI=1S/C12H19NOS/c1-10(2)9-14-12-5-3-11(4-6-12)13-7-8-15/h3-6,10,13,15H,7-9H2,1-2H3. The van der Waals surface area contributed by atoms with Crippen molar-refractivity contribution in [3.05, 3.63) is 24.3 Å². The molecule has 0 aliphatic carbocycles. The van der Waals surface area contributed by atoms with Crippen molar-refractivity contribution >= 4 is 18.3 Å². The smallest absolute Gasteiger partial charge is 0.119 e. The van der Waals surface area contributed by atoms with Gasteiger partial charge < -0.3 is 10.1 Å². The predicted octanol–water partition coefficient (Wildman–Crippen LogP) is 3.06. The Hall–Kier alpha value is -0.830. The first kappa shape index (κ1) is 12.2. The van der Waals surface area contributed by atoms with Crippen LogP contribution in [0.15, 0.2) is 24.3 Å². The third kappa shape index (κ3) is 4.98. The zero-order chi connectivity index (χ0) is 11.1. The Morgan fingerprint density at radius 3 is 2.47 bits per heavy atom. The Labute approximate surface area is 97.4 Å². The molecule has 0 aliphatic heterocycles. The maximum absolute atomic E-state index is 5.58. The van der Waals surface area contributed by atoms with E-state index in [1.54, 1.807) is 0 Å². The van der Waals surface area contributed by atoms with Crippen LogP contribution in [0.4, 0.5) is 5.69 Å². The Morgan fingerprint density at radius 1 is 1.27 bits per heavy atom. The lowest BCUT2D eigenvalue weighted by atomic mass is 10.2. The minimum Gasteiger partial charge on any atom is -0.493 e. The summed E-state index contributed by atoms with van der Waals surface area (Å²) in [6.45, 7) is 5.93. The molecule has 0 saturated heterocycles. The molecule has 0 aliphatic rings. The predicted molar refractivity (Wildman–Crippen MR) is 69.1 cm³/mol. The fourth-order valence-electron chi connectivity index (χ4n) is 1.13. The molecule has 0 saturated carbocycles. The summed E-state index contributed by atoms with van der Waals surface area (Å²) in [5.41, 5.74) is 1.11. The summed E-state index contributed by atoms with van der Waals surface area (Å²) in [6.07, 6.45) is 0. The fourth-order valence-corrected chi connectivity index (χ4v) is 1.24. The van der Waals surface area contributed by atoms with Gasteiger partial charge in [-0.1, -0.05) is 13.8 Å². The molecule has 0 amide bonds. The highest BCUT2D eigenvalue weighted by atomic mass is 32.1. The van der Waals surface area contributed by atoms with Gasteiger partial charge in [0.25, 0.3) is 0 Å². The van der Waals surface area contributed by atoms with Crippen LogP contribution in [0.1, 0.15) is 13.8 Å². The highest BCUT2D eigenvalue weighted by molar-refractivity contribution is 7.80. The minimum atomic E-state index is 0.562. The summed E-state index contributed by atoms with van der Waals surface area (Å²) in [4.78, 5) is 0. The highest BCUT2D eigenvalue weighted by Gasteiger charge is 1.97. The third-order valence-corrected chi connectivity index (χ3v) is 2.10. The van der Waals surface area contributed by atoms with Crippen molar-refractivity contribution < 1.29 is 4.74 Å². The number of nitrogens with one attached hydrogen (secondary N) is 1. The second kappa shape index (κ2) is 6.62. The van der Waals surface area contributed by atoms with Gasteiger partial charge in [0.2, 0.25) is 0 Å². The van der Waals surface area contributed by atoms with Crippen LogP contribution in [-0.4, -0.2) is 18.9 Å². The van der Waals surface area contributed by atoms with Gasteiger partial charge in [-0.25, -0.2) is 0 Å². The van der Waals surface area contributed by atoms with Gasteiger partial charge in [0.05, 0.1) is 6.61 Å². The van der Waals surface area contributed by atoms with Crippen molar-refractivity contribution in [1.29, 1.82) is 0 Å².